The number of primary amides is 1. The highest BCUT2D eigenvalue weighted by molar-refractivity contribution is 7.98. The van der Waals surface area contributed by atoms with Crippen molar-refractivity contribution in [2.75, 3.05) is 12.0 Å². The van der Waals surface area contributed by atoms with Gasteiger partial charge in [-0.15, -0.1) is 0 Å². The summed E-state index contributed by atoms with van der Waals surface area (Å²) in [6, 6.07) is 1.93. The molecule has 0 aliphatic heterocycles. The minimum Gasteiger partial charge on any atom is -0.481 e. The molecule has 0 aliphatic rings. The monoisotopic (exact) mass is 578 g/mol. The van der Waals surface area contributed by atoms with Gasteiger partial charge in [0.1, 0.15) is 18.1 Å². The SMILES string of the molecule is CSCCC(NC(=O)C(CCC(N)=O)NC(=O)C(CC(=O)O)NC(=O)C(N)Cc1c[nH]c2ccccc12)C(=O)O. The number of carboxylic acid groups (broad SMARTS) is 2. The van der Waals surface area contributed by atoms with Crippen molar-refractivity contribution in [2.24, 2.45) is 11.5 Å². The zero-order valence-electron chi connectivity index (χ0n) is 21.8. The number of carbonyl (C=O) groups excluding carboxylic acids is 4. The minimum absolute atomic E-state index is 0.0908. The molecule has 218 valence electrons. The number of nitrogens with two attached hydrogens (primary N) is 2. The number of carbonyl (C=O) groups is 6. The molecule has 4 atom stereocenters. The van der Waals surface area contributed by atoms with Crippen LogP contribution in [0.5, 0.6) is 0 Å². The van der Waals surface area contributed by atoms with Crippen molar-refractivity contribution in [3.8, 4) is 0 Å². The Labute approximate surface area is 234 Å². The molecule has 15 heteroatoms. The number of hydrogen-bond acceptors (Lipinski definition) is 8. The maximum Gasteiger partial charge on any atom is 0.326 e. The largest absolute Gasteiger partial charge is 0.481 e. The summed E-state index contributed by atoms with van der Waals surface area (Å²) >= 11 is 1.37. The van der Waals surface area contributed by atoms with Gasteiger partial charge >= 0.3 is 11.9 Å². The fourth-order valence-electron chi connectivity index (χ4n) is 3.89. The third-order valence-electron chi connectivity index (χ3n) is 6.00. The van der Waals surface area contributed by atoms with Crippen molar-refractivity contribution >= 4 is 58.2 Å². The number of aromatic nitrogens is 1. The van der Waals surface area contributed by atoms with E-state index in [1.807, 2.05) is 24.3 Å². The Morgan fingerprint density at radius 2 is 1.55 bits per heavy atom. The van der Waals surface area contributed by atoms with E-state index in [1.165, 1.54) is 11.8 Å². The molecule has 1 heterocycles. The molecule has 0 saturated heterocycles. The van der Waals surface area contributed by atoms with Crippen LogP contribution in [-0.2, 0) is 35.2 Å². The Morgan fingerprint density at radius 1 is 0.925 bits per heavy atom. The normalized spacial score (nSPS) is 13.9. The average Bonchev–Trinajstić information content (AvgIpc) is 3.30. The van der Waals surface area contributed by atoms with Gasteiger partial charge in [0.25, 0.3) is 0 Å². The Hall–Kier alpha value is -4.11. The maximum absolute atomic E-state index is 13.0. The van der Waals surface area contributed by atoms with Gasteiger partial charge in [-0.05, 0) is 42.9 Å². The van der Waals surface area contributed by atoms with E-state index in [0.717, 1.165) is 16.5 Å². The lowest BCUT2D eigenvalue weighted by atomic mass is 10.0. The average molecular weight is 579 g/mol. The third-order valence-corrected chi connectivity index (χ3v) is 6.64. The van der Waals surface area contributed by atoms with Crippen LogP contribution in [0.4, 0.5) is 0 Å². The van der Waals surface area contributed by atoms with E-state index in [4.69, 9.17) is 11.5 Å². The lowest BCUT2D eigenvalue weighted by molar-refractivity contribution is -0.143. The Kier molecular flexibility index (Phi) is 12.4. The molecule has 10 N–H and O–H groups in total. The van der Waals surface area contributed by atoms with Crippen LogP contribution in [0.1, 0.15) is 31.2 Å². The molecule has 14 nitrogen and oxygen atoms in total. The fraction of sp³-hybridized carbons (Fsp3) is 0.440. The Balaban J connectivity index is 2.14. The molecule has 0 radical (unpaired) electrons. The van der Waals surface area contributed by atoms with Gasteiger partial charge in [-0.1, -0.05) is 18.2 Å². The van der Waals surface area contributed by atoms with Gasteiger partial charge in [0, 0.05) is 23.5 Å². The Bertz CT molecular complexity index is 1230. The first-order valence-corrected chi connectivity index (χ1v) is 13.8. The van der Waals surface area contributed by atoms with Crippen LogP contribution in [0.25, 0.3) is 10.9 Å². The smallest absolute Gasteiger partial charge is 0.326 e. The highest BCUT2D eigenvalue weighted by atomic mass is 32.2. The van der Waals surface area contributed by atoms with Crippen molar-refractivity contribution in [1.82, 2.24) is 20.9 Å². The molecular formula is C25H34N6O8S. The molecule has 1 aromatic carbocycles. The summed E-state index contributed by atoms with van der Waals surface area (Å²) in [7, 11) is 0. The molecular weight excluding hydrogens is 544 g/mol. The molecule has 0 bridgehead atoms. The van der Waals surface area contributed by atoms with Gasteiger partial charge in [0.05, 0.1) is 12.5 Å². The summed E-state index contributed by atoms with van der Waals surface area (Å²) < 4.78 is 0. The zero-order valence-corrected chi connectivity index (χ0v) is 22.7. The quantitative estimate of drug-likeness (QED) is 0.114. The number of benzene rings is 1. The second kappa shape index (κ2) is 15.5. The fourth-order valence-corrected chi connectivity index (χ4v) is 4.36. The van der Waals surface area contributed by atoms with E-state index in [2.05, 4.69) is 20.9 Å². The summed E-state index contributed by atoms with van der Waals surface area (Å²) in [5.74, 6) is -5.78. The molecule has 0 fully saturated rings. The summed E-state index contributed by atoms with van der Waals surface area (Å²) in [6.45, 7) is 0. The van der Waals surface area contributed by atoms with Crippen LogP contribution in [0, 0.1) is 0 Å². The van der Waals surface area contributed by atoms with Crippen LogP contribution in [0.2, 0.25) is 0 Å². The van der Waals surface area contributed by atoms with Crippen LogP contribution in [-0.4, -0.2) is 86.9 Å². The highest BCUT2D eigenvalue weighted by Crippen LogP contribution is 2.18. The molecule has 4 amide bonds. The number of carboxylic acids is 2. The molecule has 4 unspecified atom stereocenters. The lowest BCUT2D eigenvalue weighted by Gasteiger charge is -2.24. The summed E-state index contributed by atoms with van der Waals surface area (Å²) in [5.41, 5.74) is 12.8. The number of para-hydroxylation sites is 1. The number of fused-ring (bicyclic) bond motifs is 1. The molecule has 1 aromatic heterocycles. The first kappa shape index (κ1) is 32.1. The van der Waals surface area contributed by atoms with Crippen molar-refractivity contribution in [3.63, 3.8) is 0 Å². The summed E-state index contributed by atoms with van der Waals surface area (Å²) in [6.07, 6.45) is 2.22. The minimum atomic E-state index is -1.62. The molecule has 0 saturated carbocycles. The van der Waals surface area contributed by atoms with Crippen molar-refractivity contribution in [3.05, 3.63) is 36.0 Å². The standard InChI is InChI=1S/C25H34N6O8S/c1-40-9-8-18(25(38)39)30-23(36)17(6-7-20(27)32)29-24(37)19(11-21(33)34)31-22(35)15(26)10-13-12-28-16-5-3-2-4-14(13)16/h2-5,12,15,17-19,28H,6-11,26H2,1H3,(H2,27,32)(H,29,37)(H,30,36)(H,31,35)(H,33,34)(H,38,39). The van der Waals surface area contributed by atoms with E-state index >= 15 is 0 Å². The van der Waals surface area contributed by atoms with Gasteiger partial charge in [0.2, 0.25) is 23.6 Å². The zero-order chi connectivity index (χ0) is 29.8. The van der Waals surface area contributed by atoms with Crippen LogP contribution in [0.3, 0.4) is 0 Å². The number of hydrogen-bond donors (Lipinski definition) is 8. The first-order valence-electron chi connectivity index (χ1n) is 12.4. The summed E-state index contributed by atoms with van der Waals surface area (Å²) in [5, 5.41) is 26.5. The first-order chi connectivity index (χ1) is 18.9. The number of aliphatic carboxylic acids is 2. The molecule has 40 heavy (non-hydrogen) atoms. The van der Waals surface area contributed by atoms with E-state index < -0.39 is 66.2 Å². The number of nitrogens with one attached hydrogen (secondary N) is 4. The second-order valence-corrected chi connectivity index (χ2v) is 10.1. The van der Waals surface area contributed by atoms with Gasteiger partial charge in [-0.25, -0.2) is 4.79 Å². The molecule has 0 aliphatic carbocycles. The van der Waals surface area contributed by atoms with Crippen LogP contribution < -0.4 is 27.4 Å². The number of amides is 4. The lowest BCUT2D eigenvalue weighted by Crippen LogP contribution is -2.57. The number of thioether (sulfide) groups is 1. The maximum atomic E-state index is 13.0. The van der Waals surface area contributed by atoms with Gasteiger partial charge in [0.15, 0.2) is 0 Å². The van der Waals surface area contributed by atoms with Gasteiger partial charge < -0.3 is 42.6 Å². The highest BCUT2D eigenvalue weighted by Gasteiger charge is 2.31. The molecule has 2 aromatic rings. The van der Waals surface area contributed by atoms with Gasteiger partial charge in [-0.2, -0.15) is 11.8 Å². The van der Waals surface area contributed by atoms with E-state index in [-0.39, 0.29) is 25.7 Å². The predicted molar refractivity (Wildman–Crippen MR) is 147 cm³/mol. The van der Waals surface area contributed by atoms with Gasteiger partial charge in [-0.3, -0.25) is 24.0 Å². The van der Waals surface area contributed by atoms with Crippen LogP contribution in [0.15, 0.2) is 30.5 Å². The topological polar surface area (TPSA) is 247 Å². The number of aromatic amines is 1. The number of rotatable bonds is 17. The molecule has 2 rings (SSSR count). The van der Waals surface area contributed by atoms with E-state index in [0.29, 0.717) is 5.75 Å². The Morgan fingerprint density at radius 3 is 2.17 bits per heavy atom. The molecule has 0 spiro atoms. The number of H-pyrrole nitrogens is 1. The summed E-state index contributed by atoms with van der Waals surface area (Å²) in [4.78, 5) is 76.1. The van der Waals surface area contributed by atoms with E-state index in [9.17, 15) is 39.0 Å². The van der Waals surface area contributed by atoms with E-state index in [1.54, 1.807) is 12.5 Å². The van der Waals surface area contributed by atoms with Crippen molar-refractivity contribution in [1.29, 1.82) is 0 Å². The predicted octanol–water partition coefficient (Wildman–Crippen LogP) is -0.930. The van der Waals surface area contributed by atoms with Crippen molar-refractivity contribution in [2.45, 2.75) is 56.3 Å². The van der Waals surface area contributed by atoms with Crippen molar-refractivity contribution < 1.29 is 39.0 Å². The van der Waals surface area contributed by atoms with Crippen LogP contribution >= 0.6 is 11.8 Å². The third kappa shape index (κ3) is 9.89. The second-order valence-electron chi connectivity index (χ2n) is 9.08.